The highest BCUT2D eigenvalue weighted by atomic mass is 19.4. The molecule has 1 amide bonds. The second-order valence-corrected chi connectivity index (χ2v) is 5.83. The number of halogens is 3. The van der Waals surface area contributed by atoms with Crippen LogP contribution in [0.25, 0.3) is 0 Å². The van der Waals surface area contributed by atoms with Gasteiger partial charge in [0.25, 0.3) is 5.91 Å². The molecule has 0 atom stereocenters. The van der Waals surface area contributed by atoms with Crippen molar-refractivity contribution in [1.82, 2.24) is 4.98 Å². The first kappa shape index (κ1) is 15.6. The van der Waals surface area contributed by atoms with E-state index in [1.165, 1.54) is 0 Å². The van der Waals surface area contributed by atoms with E-state index >= 15 is 0 Å². The summed E-state index contributed by atoms with van der Waals surface area (Å²) in [5.74, 6) is -0.481. The summed E-state index contributed by atoms with van der Waals surface area (Å²) in [6, 6.07) is 1.83. The maximum absolute atomic E-state index is 12.7. The minimum atomic E-state index is -4.55. The fourth-order valence-corrected chi connectivity index (χ4v) is 2.33. The molecule has 116 valence electrons. The highest BCUT2D eigenvalue weighted by molar-refractivity contribution is 5.97. The summed E-state index contributed by atoms with van der Waals surface area (Å²) < 4.78 is 38.1. The molecule has 1 heterocycles. The van der Waals surface area contributed by atoms with Crippen LogP contribution in [0.5, 0.6) is 0 Å². The van der Waals surface area contributed by atoms with Crippen molar-refractivity contribution in [3.8, 4) is 0 Å². The molecule has 0 bridgehead atoms. The van der Waals surface area contributed by atoms with Gasteiger partial charge in [0.05, 0.1) is 5.56 Å². The first-order valence-corrected chi connectivity index (χ1v) is 6.78. The first-order valence-electron chi connectivity index (χ1n) is 6.78. The number of nitrogens with two attached hydrogens (primary N) is 1. The Kier molecular flexibility index (Phi) is 3.86. The number of pyridine rings is 1. The molecule has 1 aromatic heterocycles. The van der Waals surface area contributed by atoms with Crippen LogP contribution in [0.3, 0.4) is 0 Å². The topological polar surface area (TPSA) is 68.0 Å². The number of alkyl halides is 3. The molecule has 21 heavy (non-hydrogen) atoms. The molecule has 0 aromatic carbocycles. The zero-order valence-corrected chi connectivity index (χ0v) is 11.9. The lowest BCUT2D eigenvalue weighted by molar-refractivity contribution is -0.141. The Labute approximate surface area is 120 Å². The van der Waals surface area contributed by atoms with Crippen molar-refractivity contribution < 1.29 is 18.0 Å². The summed E-state index contributed by atoms with van der Waals surface area (Å²) in [7, 11) is 0. The summed E-state index contributed by atoms with van der Waals surface area (Å²) in [5.41, 5.74) is 4.20. The Bertz CT molecular complexity index is 551. The predicted molar refractivity (Wildman–Crippen MR) is 72.8 cm³/mol. The molecule has 1 fully saturated rings. The van der Waals surface area contributed by atoms with Crippen molar-refractivity contribution in [1.29, 1.82) is 0 Å². The lowest BCUT2D eigenvalue weighted by Gasteiger charge is -2.21. The number of rotatable bonds is 5. The molecule has 0 aliphatic heterocycles. The van der Waals surface area contributed by atoms with Crippen LogP contribution in [0, 0.1) is 11.3 Å². The van der Waals surface area contributed by atoms with E-state index in [-0.39, 0.29) is 16.8 Å². The second-order valence-electron chi connectivity index (χ2n) is 5.83. The molecule has 7 heteroatoms. The summed E-state index contributed by atoms with van der Waals surface area (Å²) in [6.45, 7) is 4.63. The molecule has 1 saturated carbocycles. The van der Waals surface area contributed by atoms with E-state index in [2.05, 4.69) is 24.1 Å². The van der Waals surface area contributed by atoms with E-state index in [9.17, 15) is 18.0 Å². The number of amides is 1. The van der Waals surface area contributed by atoms with Gasteiger partial charge in [0, 0.05) is 6.54 Å². The number of carbonyl (C=O) groups is 1. The number of hydrogen-bond donors (Lipinski definition) is 2. The van der Waals surface area contributed by atoms with Crippen molar-refractivity contribution in [2.24, 2.45) is 17.1 Å². The van der Waals surface area contributed by atoms with E-state index < -0.39 is 17.8 Å². The van der Waals surface area contributed by atoms with Crippen molar-refractivity contribution in [3.05, 3.63) is 23.4 Å². The third-order valence-electron chi connectivity index (χ3n) is 4.18. The minimum absolute atomic E-state index is 0.0254. The van der Waals surface area contributed by atoms with Gasteiger partial charge in [0.2, 0.25) is 0 Å². The SMILES string of the molecule is CC(C)C1(CNc2nc(C(F)(F)F)ccc2C(N)=O)CC1. The van der Waals surface area contributed by atoms with Crippen LogP contribution in [-0.2, 0) is 6.18 Å². The van der Waals surface area contributed by atoms with Crippen molar-refractivity contribution in [2.45, 2.75) is 32.9 Å². The molecular formula is C14H18F3N3O. The standard InChI is InChI=1S/C14H18F3N3O/c1-8(2)13(5-6-13)7-19-12-9(11(18)21)3-4-10(20-12)14(15,16)17/h3-4,8H,5-7H2,1-2H3,(H2,18,21)(H,19,20). The molecular weight excluding hydrogens is 283 g/mol. The zero-order chi connectivity index (χ0) is 15.8. The average Bonchev–Trinajstić information content (AvgIpc) is 3.16. The maximum Gasteiger partial charge on any atom is 0.433 e. The van der Waals surface area contributed by atoms with E-state index in [0.717, 1.165) is 25.0 Å². The van der Waals surface area contributed by atoms with Crippen LogP contribution in [-0.4, -0.2) is 17.4 Å². The van der Waals surface area contributed by atoms with Gasteiger partial charge in [-0.05, 0) is 36.3 Å². The lowest BCUT2D eigenvalue weighted by Crippen LogP contribution is -2.24. The molecule has 0 saturated heterocycles. The smallest absolute Gasteiger partial charge is 0.369 e. The normalized spacial score (nSPS) is 16.9. The van der Waals surface area contributed by atoms with E-state index in [0.29, 0.717) is 12.5 Å². The number of aromatic nitrogens is 1. The molecule has 1 aliphatic carbocycles. The van der Waals surface area contributed by atoms with Crippen LogP contribution in [0.1, 0.15) is 42.7 Å². The van der Waals surface area contributed by atoms with Gasteiger partial charge < -0.3 is 11.1 Å². The number of hydrogen-bond acceptors (Lipinski definition) is 3. The molecule has 0 unspecified atom stereocenters. The van der Waals surface area contributed by atoms with E-state index in [1.807, 2.05) is 0 Å². The number of nitrogens with one attached hydrogen (secondary N) is 1. The van der Waals surface area contributed by atoms with Gasteiger partial charge in [0.1, 0.15) is 11.5 Å². The molecule has 0 spiro atoms. The van der Waals surface area contributed by atoms with E-state index in [1.54, 1.807) is 0 Å². The summed E-state index contributed by atoms with van der Waals surface area (Å²) in [4.78, 5) is 14.8. The first-order chi connectivity index (χ1) is 9.66. The van der Waals surface area contributed by atoms with Crippen molar-refractivity contribution >= 4 is 11.7 Å². The number of primary amides is 1. The van der Waals surface area contributed by atoms with Gasteiger partial charge in [-0.15, -0.1) is 0 Å². The summed E-state index contributed by atoms with van der Waals surface area (Å²) in [6.07, 6.45) is -2.52. The van der Waals surface area contributed by atoms with Gasteiger partial charge in [-0.3, -0.25) is 4.79 Å². The van der Waals surface area contributed by atoms with Crippen LogP contribution in [0.15, 0.2) is 12.1 Å². The predicted octanol–water partition coefficient (Wildman–Crippen LogP) is 3.05. The largest absolute Gasteiger partial charge is 0.433 e. The number of nitrogens with zero attached hydrogens (tertiary/aromatic N) is 1. The van der Waals surface area contributed by atoms with Gasteiger partial charge in [0.15, 0.2) is 0 Å². The van der Waals surface area contributed by atoms with Crippen LogP contribution in [0.4, 0.5) is 19.0 Å². The fourth-order valence-electron chi connectivity index (χ4n) is 2.33. The van der Waals surface area contributed by atoms with Gasteiger partial charge in [-0.25, -0.2) is 4.98 Å². The van der Waals surface area contributed by atoms with Gasteiger partial charge >= 0.3 is 6.18 Å². The monoisotopic (exact) mass is 301 g/mol. The molecule has 1 aliphatic rings. The summed E-state index contributed by atoms with van der Waals surface area (Å²) in [5, 5.41) is 2.88. The molecule has 4 nitrogen and oxygen atoms in total. The van der Waals surface area contributed by atoms with Gasteiger partial charge in [-0.2, -0.15) is 13.2 Å². The fraction of sp³-hybridized carbons (Fsp3) is 0.571. The third kappa shape index (κ3) is 3.28. The average molecular weight is 301 g/mol. The molecule has 2 rings (SSSR count). The zero-order valence-electron chi connectivity index (χ0n) is 11.9. The third-order valence-corrected chi connectivity index (χ3v) is 4.18. The summed E-state index contributed by atoms with van der Waals surface area (Å²) >= 11 is 0. The van der Waals surface area contributed by atoms with E-state index in [4.69, 9.17) is 5.73 Å². The Balaban J connectivity index is 2.25. The molecule has 1 aromatic rings. The Morgan fingerprint density at radius 1 is 1.43 bits per heavy atom. The quantitative estimate of drug-likeness (QED) is 0.878. The Morgan fingerprint density at radius 3 is 2.48 bits per heavy atom. The van der Waals surface area contributed by atoms with Crippen molar-refractivity contribution in [2.75, 3.05) is 11.9 Å². The Hall–Kier alpha value is -1.79. The highest BCUT2D eigenvalue weighted by Gasteiger charge is 2.45. The minimum Gasteiger partial charge on any atom is -0.369 e. The molecule has 0 radical (unpaired) electrons. The van der Waals surface area contributed by atoms with Crippen molar-refractivity contribution in [3.63, 3.8) is 0 Å². The number of carbonyl (C=O) groups excluding carboxylic acids is 1. The maximum atomic E-state index is 12.7. The number of anilines is 1. The lowest BCUT2D eigenvalue weighted by atomic mass is 9.92. The van der Waals surface area contributed by atoms with Gasteiger partial charge in [-0.1, -0.05) is 13.8 Å². The van der Waals surface area contributed by atoms with Crippen LogP contribution in [0.2, 0.25) is 0 Å². The van der Waals surface area contributed by atoms with Crippen LogP contribution >= 0.6 is 0 Å². The molecule has 3 N–H and O–H groups in total. The highest BCUT2D eigenvalue weighted by Crippen LogP contribution is 2.51. The Morgan fingerprint density at radius 2 is 2.05 bits per heavy atom. The van der Waals surface area contributed by atoms with Crippen LogP contribution < -0.4 is 11.1 Å². The second kappa shape index (κ2) is 5.20.